The number of sulfonamides is 1. The summed E-state index contributed by atoms with van der Waals surface area (Å²) < 4.78 is 36.6. The van der Waals surface area contributed by atoms with Crippen molar-refractivity contribution >= 4 is 27.3 Å². The number of nitrogens with zero attached hydrogens (tertiary/aromatic N) is 1. The van der Waals surface area contributed by atoms with E-state index in [0.717, 1.165) is 26.9 Å². The van der Waals surface area contributed by atoms with Gasteiger partial charge in [0, 0.05) is 31.0 Å². The molecule has 3 aromatic carbocycles. The molecule has 180 valence electrons. The fourth-order valence-electron chi connectivity index (χ4n) is 3.31. The van der Waals surface area contributed by atoms with Gasteiger partial charge in [-0.3, -0.25) is 4.79 Å². The number of ether oxygens (including phenoxy) is 2. The summed E-state index contributed by atoms with van der Waals surface area (Å²) in [6.45, 7) is 1.73. The third-order valence-electron chi connectivity index (χ3n) is 5.26. The van der Waals surface area contributed by atoms with E-state index in [4.69, 9.17) is 9.47 Å². The van der Waals surface area contributed by atoms with Crippen LogP contribution in [0.4, 0.5) is 11.4 Å². The minimum atomic E-state index is -3.60. The van der Waals surface area contributed by atoms with Crippen LogP contribution in [0, 0.1) is 0 Å². The lowest BCUT2D eigenvalue weighted by atomic mass is 10.0. The predicted molar refractivity (Wildman–Crippen MR) is 134 cm³/mol. The molecule has 0 bridgehead atoms. The Morgan fingerprint density at radius 3 is 2.24 bits per heavy atom. The van der Waals surface area contributed by atoms with Crippen molar-refractivity contribution in [3.63, 3.8) is 0 Å². The van der Waals surface area contributed by atoms with Crippen LogP contribution in [0.2, 0.25) is 0 Å². The highest BCUT2D eigenvalue weighted by Crippen LogP contribution is 2.33. The molecule has 9 heteroatoms. The Balaban J connectivity index is 1.76. The molecule has 0 aromatic heterocycles. The first-order valence-corrected chi connectivity index (χ1v) is 12.0. The molecule has 0 saturated carbocycles. The molecular weight excluding hydrogens is 454 g/mol. The second kappa shape index (κ2) is 10.6. The van der Waals surface area contributed by atoms with Crippen molar-refractivity contribution in [2.24, 2.45) is 0 Å². The fraction of sp³-hybridized carbons (Fsp3) is 0.240. The van der Waals surface area contributed by atoms with E-state index in [-0.39, 0.29) is 10.8 Å². The molecule has 1 atom stereocenters. The minimum absolute atomic E-state index is 0.107. The topological polar surface area (TPSA) is 97.0 Å². The minimum Gasteiger partial charge on any atom is -0.497 e. The van der Waals surface area contributed by atoms with Gasteiger partial charge in [0.25, 0.3) is 0 Å². The largest absolute Gasteiger partial charge is 0.497 e. The Morgan fingerprint density at radius 1 is 0.912 bits per heavy atom. The molecule has 0 aliphatic carbocycles. The maximum atomic E-state index is 12.8. The number of carbonyl (C=O) groups excluding carboxylic acids is 1. The fourth-order valence-corrected chi connectivity index (χ4v) is 4.25. The van der Waals surface area contributed by atoms with Gasteiger partial charge in [-0.2, -0.15) is 0 Å². The van der Waals surface area contributed by atoms with Gasteiger partial charge in [0.1, 0.15) is 17.5 Å². The van der Waals surface area contributed by atoms with Crippen molar-refractivity contribution < 1.29 is 22.7 Å². The van der Waals surface area contributed by atoms with E-state index in [1.165, 1.54) is 26.2 Å². The van der Waals surface area contributed by atoms with E-state index in [1.807, 2.05) is 42.5 Å². The standard InChI is InChI=1S/C25H29N3O5S/c1-17(25(29)27-19-7-6-8-22(15-19)34(30,31)28(2)3)26-20-11-14-24(33-5)23(16-20)18-9-12-21(32-4)13-10-18/h6-17,26H,1-5H3,(H,27,29)/t17-/m0/s1. The zero-order valence-corrected chi connectivity index (χ0v) is 20.6. The van der Waals surface area contributed by atoms with Crippen LogP contribution in [0.1, 0.15) is 6.92 Å². The van der Waals surface area contributed by atoms with Crippen LogP contribution in [0.25, 0.3) is 11.1 Å². The zero-order valence-electron chi connectivity index (χ0n) is 19.8. The molecular formula is C25H29N3O5S. The number of anilines is 2. The molecule has 1 amide bonds. The third-order valence-corrected chi connectivity index (χ3v) is 7.07. The average molecular weight is 484 g/mol. The highest BCUT2D eigenvalue weighted by Gasteiger charge is 2.19. The van der Waals surface area contributed by atoms with E-state index < -0.39 is 16.1 Å². The van der Waals surface area contributed by atoms with Crippen molar-refractivity contribution in [3.05, 3.63) is 66.7 Å². The molecule has 2 N–H and O–H groups in total. The van der Waals surface area contributed by atoms with E-state index in [9.17, 15) is 13.2 Å². The van der Waals surface area contributed by atoms with Gasteiger partial charge in [-0.25, -0.2) is 12.7 Å². The van der Waals surface area contributed by atoms with Crippen LogP contribution in [0.15, 0.2) is 71.6 Å². The number of rotatable bonds is 9. The van der Waals surface area contributed by atoms with Gasteiger partial charge in [0.2, 0.25) is 15.9 Å². The molecule has 0 fully saturated rings. The van der Waals surface area contributed by atoms with E-state index >= 15 is 0 Å². The van der Waals surface area contributed by atoms with Gasteiger partial charge in [-0.1, -0.05) is 18.2 Å². The number of carbonyl (C=O) groups is 1. The maximum absolute atomic E-state index is 12.8. The van der Waals surface area contributed by atoms with E-state index in [0.29, 0.717) is 11.4 Å². The second-order valence-corrected chi connectivity index (χ2v) is 9.97. The van der Waals surface area contributed by atoms with Crippen LogP contribution >= 0.6 is 0 Å². The zero-order chi connectivity index (χ0) is 24.9. The SMILES string of the molecule is COc1ccc(-c2cc(N[C@@H](C)C(=O)Nc3cccc(S(=O)(=O)N(C)C)c3)ccc2OC)cc1. The lowest BCUT2D eigenvalue weighted by Gasteiger charge is -2.18. The van der Waals surface area contributed by atoms with Gasteiger partial charge in [-0.15, -0.1) is 0 Å². The molecule has 0 aliphatic rings. The first-order chi connectivity index (χ1) is 16.1. The Morgan fingerprint density at radius 2 is 1.62 bits per heavy atom. The van der Waals surface area contributed by atoms with Gasteiger partial charge in [-0.05, 0) is 61.0 Å². The van der Waals surface area contributed by atoms with Gasteiger partial charge in [0.05, 0.1) is 19.1 Å². The summed E-state index contributed by atoms with van der Waals surface area (Å²) in [5.74, 6) is 1.15. The van der Waals surface area contributed by atoms with E-state index in [2.05, 4.69) is 10.6 Å². The smallest absolute Gasteiger partial charge is 0.246 e. The number of amides is 1. The number of hydrogen-bond acceptors (Lipinski definition) is 6. The summed E-state index contributed by atoms with van der Waals surface area (Å²) >= 11 is 0. The molecule has 0 heterocycles. The van der Waals surface area contributed by atoms with Crippen molar-refractivity contribution in [3.8, 4) is 22.6 Å². The lowest BCUT2D eigenvalue weighted by molar-refractivity contribution is -0.116. The van der Waals surface area contributed by atoms with Crippen LogP contribution < -0.4 is 20.1 Å². The highest BCUT2D eigenvalue weighted by atomic mass is 32.2. The monoisotopic (exact) mass is 483 g/mol. The Hall–Kier alpha value is -3.56. The molecule has 0 aliphatic heterocycles. The number of hydrogen-bond donors (Lipinski definition) is 2. The maximum Gasteiger partial charge on any atom is 0.246 e. The van der Waals surface area contributed by atoms with Crippen molar-refractivity contribution in [2.45, 2.75) is 17.9 Å². The second-order valence-electron chi connectivity index (χ2n) is 7.81. The van der Waals surface area contributed by atoms with Crippen molar-refractivity contribution in [1.29, 1.82) is 0 Å². The van der Waals surface area contributed by atoms with Gasteiger partial charge >= 0.3 is 0 Å². The average Bonchev–Trinajstić information content (AvgIpc) is 2.84. The Bertz CT molecular complexity index is 1260. The quantitative estimate of drug-likeness (QED) is 0.476. The summed E-state index contributed by atoms with van der Waals surface area (Å²) in [5.41, 5.74) is 2.94. The molecule has 34 heavy (non-hydrogen) atoms. The van der Waals surface area contributed by atoms with Gasteiger partial charge < -0.3 is 20.1 Å². The van der Waals surface area contributed by atoms with Crippen molar-refractivity contribution in [1.82, 2.24) is 4.31 Å². The number of nitrogens with one attached hydrogen (secondary N) is 2. The Kier molecular flexibility index (Phi) is 7.80. The predicted octanol–water partition coefficient (Wildman–Crippen LogP) is 4.06. The summed E-state index contributed by atoms with van der Waals surface area (Å²) in [5, 5.41) is 5.96. The van der Waals surface area contributed by atoms with Crippen LogP contribution in [0.3, 0.4) is 0 Å². The number of benzene rings is 3. The van der Waals surface area contributed by atoms with Crippen LogP contribution in [-0.4, -0.2) is 53.0 Å². The lowest BCUT2D eigenvalue weighted by Crippen LogP contribution is -2.32. The highest BCUT2D eigenvalue weighted by molar-refractivity contribution is 7.89. The molecule has 0 unspecified atom stereocenters. The summed E-state index contributed by atoms with van der Waals surface area (Å²) in [6, 6.07) is 18.8. The van der Waals surface area contributed by atoms with Gasteiger partial charge in [0.15, 0.2) is 0 Å². The number of methoxy groups -OCH3 is 2. The first-order valence-electron chi connectivity index (χ1n) is 10.6. The summed E-state index contributed by atoms with van der Waals surface area (Å²) in [4.78, 5) is 12.9. The van der Waals surface area contributed by atoms with Crippen molar-refractivity contribution in [2.75, 3.05) is 38.9 Å². The van der Waals surface area contributed by atoms with E-state index in [1.54, 1.807) is 33.3 Å². The van der Waals surface area contributed by atoms with Crippen LogP contribution in [0.5, 0.6) is 11.5 Å². The Labute approximate surface area is 200 Å². The summed E-state index contributed by atoms with van der Waals surface area (Å²) in [6.07, 6.45) is 0. The normalized spacial score (nSPS) is 12.2. The molecule has 3 aromatic rings. The third kappa shape index (κ3) is 5.67. The molecule has 8 nitrogen and oxygen atoms in total. The molecule has 3 rings (SSSR count). The molecule has 0 radical (unpaired) electrons. The molecule has 0 spiro atoms. The molecule has 0 saturated heterocycles. The summed E-state index contributed by atoms with van der Waals surface area (Å²) in [7, 11) is 2.54. The van der Waals surface area contributed by atoms with Crippen LogP contribution in [-0.2, 0) is 14.8 Å². The first kappa shape index (κ1) is 25.1.